The van der Waals surface area contributed by atoms with Crippen molar-refractivity contribution in [2.75, 3.05) is 9.80 Å². The van der Waals surface area contributed by atoms with Crippen LogP contribution in [0.25, 0.3) is 32.3 Å². The number of nitrogens with zero attached hydrogens (tertiary/aromatic N) is 2. The molecule has 0 aliphatic rings. The molecule has 0 radical (unpaired) electrons. The van der Waals surface area contributed by atoms with Crippen molar-refractivity contribution in [1.29, 1.82) is 0 Å². The second-order valence-corrected chi connectivity index (χ2v) is 18.1. The Morgan fingerprint density at radius 2 is 0.429 bits per heavy atom. The highest BCUT2D eigenvalue weighted by atomic mass is 15.1. The molecular weight excluding hydrogens is 845 g/mol. The molecule has 0 saturated carbocycles. The summed E-state index contributed by atoms with van der Waals surface area (Å²) < 4.78 is 0. The van der Waals surface area contributed by atoms with Crippen LogP contribution in [0.1, 0.15) is 45.2 Å². The molecule has 0 bridgehead atoms. The lowest BCUT2D eigenvalue weighted by Crippen LogP contribution is -2.11. The van der Waals surface area contributed by atoms with Crippen molar-refractivity contribution >= 4 is 66.4 Å². The summed E-state index contributed by atoms with van der Waals surface area (Å²) in [6.07, 6.45) is 0. The normalized spacial score (nSPS) is 11.8. The first-order valence-corrected chi connectivity index (χ1v) is 24.2. The highest BCUT2D eigenvalue weighted by Gasteiger charge is 2.23. The number of hydrogen-bond acceptors (Lipinski definition) is 2. The SMILES string of the molecule is c1ccc(C(c2ccc(C(c3ccc(N(c4ccccc4)c4ccc5ccccc5c4)cc3)c3ccc(N(c4ccccc4)c4ccc5ccccc5c4)cc3)cc2)c2ccc3ccccc3c2)cc1. The number of benzene rings is 12. The molecule has 1 atom stereocenters. The Kier molecular flexibility index (Phi) is 11.5. The maximum absolute atomic E-state index is 2.36. The van der Waals surface area contributed by atoms with Gasteiger partial charge in [0.2, 0.25) is 0 Å². The molecule has 12 aromatic rings. The summed E-state index contributed by atoms with van der Waals surface area (Å²) in [5.74, 6) is 0.0414. The summed E-state index contributed by atoms with van der Waals surface area (Å²) in [5, 5.41) is 7.39. The second kappa shape index (κ2) is 19.0. The van der Waals surface area contributed by atoms with Crippen molar-refractivity contribution < 1.29 is 0 Å². The summed E-state index contributed by atoms with van der Waals surface area (Å²) in [5.41, 5.74) is 14.2. The molecule has 12 rings (SSSR count). The molecule has 0 spiro atoms. The Bertz CT molecular complexity index is 3300. The summed E-state index contributed by atoms with van der Waals surface area (Å²) >= 11 is 0. The van der Waals surface area contributed by atoms with E-state index in [0.29, 0.717) is 0 Å². The smallest absolute Gasteiger partial charge is 0.0468 e. The first kappa shape index (κ1) is 42.4. The third-order valence-electron chi connectivity index (χ3n) is 13.8. The minimum atomic E-state index is -0.0373. The molecule has 70 heavy (non-hydrogen) atoms. The van der Waals surface area contributed by atoms with E-state index in [9.17, 15) is 0 Å². The quantitative estimate of drug-likeness (QED) is 0.113. The first-order valence-electron chi connectivity index (χ1n) is 24.2. The number of fused-ring (bicyclic) bond motifs is 3. The molecule has 12 aromatic carbocycles. The second-order valence-electron chi connectivity index (χ2n) is 18.1. The minimum Gasteiger partial charge on any atom is -0.310 e. The zero-order valence-electron chi connectivity index (χ0n) is 38.8. The molecular formula is C68H50N2. The lowest BCUT2D eigenvalue weighted by atomic mass is 9.81. The lowest BCUT2D eigenvalue weighted by Gasteiger charge is -2.28. The number of hydrogen-bond donors (Lipinski definition) is 0. The van der Waals surface area contributed by atoms with Gasteiger partial charge in [0, 0.05) is 46.0 Å². The molecule has 2 heteroatoms. The van der Waals surface area contributed by atoms with Crippen LogP contribution in [0.5, 0.6) is 0 Å². The fourth-order valence-electron chi connectivity index (χ4n) is 10.4. The molecule has 0 saturated heterocycles. The van der Waals surface area contributed by atoms with Gasteiger partial charge in [0.25, 0.3) is 0 Å². The Balaban J connectivity index is 0.961. The first-order chi connectivity index (χ1) is 34.7. The van der Waals surface area contributed by atoms with Gasteiger partial charge in [-0.1, -0.05) is 218 Å². The topological polar surface area (TPSA) is 6.48 Å². The fraction of sp³-hybridized carbons (Fsp3) is 0.0294. The van der Waals surface area contributed by atoms with Crippen LogP contribution >= 0.6 is 0 Å². The maximum Gasteiger partial charge on any atom is 0.0468 e. The molecule has 0 aliphatic carbocycles. The van der Waals surface area contributed by atoms with Crippen molar-refractivity contribution in [3.8, 4) is 0 Å². The Hall–Kier alpha value is -8.98. The van der Waals surface area contributed by atoms with Crippen molar-refractivity contribution in [2.24, 2.45) is 0 Å². The van der Waals surface area contributed by atoms with Crippen molar-refractivity contribution in [3.05, 3.63) is 325 Å². The van der Waals surface area contributed by atoms with Crippen LogP contribution in [0.4, 0.5) is 34.1 Å². The van der Waals surface area contributed by atoms with E-state index in [1.54, 1.807) is 0 Å². The largest absolute Gasteiger partial charge is 0.310 e. The van der Waals surface area contributed by atoms with Gasteiger partial charge in [0.05, 0.1) is 0 Å². The van der Waals surface area contributed by atoms with Crippen LogP contribution < -0.4 is 9.80 Å². The number of para-hydroxylation sites is 2. The van der Waals surface area contributed by atoms with Gasteiger partial charge in [-0.05, 0) is 138 Å². The monoisotopic (exact) mass is 894 g/mol. The summed E-state index contributed by atoms with van der Waals surface area (Å²) in [7, 11) is 0. The van der Waals surface area contributed by atoms with Gasteiger partial charge in [0.15, 0.2) is 0 Å². The van der Waals surface area contributed by atoms with Gasteiger partial charge in [0.1, 0.15) is 0 Å². The van der Waals surface area contributed by atoms with Crippen LogP contribution in [0.3, 0.4) is 0 Å². The van der Waals surface area contributed by atoms with Gasteiger partial charge in [-0.3, -0.25) is 0 Å². The summed E-state index contributed by atoms with van der Waals surface area (Å²) in [6, 6.07) is 106. The van der Waals surface area contributed by atoms with Gasteiger partial charge in [-0.15, -0.1) is 0 Å². The van der Waals surface area contributed by atoms with E-state index in [2.05, 4.69) is 301 Å². The van der Waals surface area contributed by atoms with Gasteiger partial charge >= 0.3 is 0 Å². The Labute approximate surface area is 410 Å². The molecule has 0 N–H and O–H groups in total. The van der Waals surface area contributed by atoms with Gasteiger partial charge in [-0.25, -0.2) is 0 Å². The lowest BCUT2D eigenvalue weighted by molar-refractivity contribution is 0.952. The molecule has 2 nitrogen and oxygen atoms in total. The highest BCUT2D eigenvalue weighted by molar-refractivity contribution is 5.91. The van der Waals surface area contributed by atoms with E-state index < -0.39 is 0 Å². The van der Waals surface area contributed by atoms with Crippen molar-refractivity contribution in [1.82, 2.24) is 0 Å². The van der Waals surface area contributed by atoms with Crippen LogP contribution in [-0.4, -0.2) is 0 Å². The standard InChI is InChI=1S/C68H50N2/c1-4-19-52(20-5-1)68(60-33-28-49-16-10-13-21-57(49)46-60)54-31-29-53(30-32-54)67(55-36-40-63(41-37-55)69(61-24-6-2-7-25-61)65-44-34-50-17-11-14-22-58(50)47-65)56-38-42-64(43-39-56)70(62-26-8-3-9-27-62)66-45-35-51-18-12-15-23-59(51)48-66/h1-48,67-68H. The van der Waals surface area contributed by atoms with Gasteiger partial charge < -0.3 is 9.80 Å². The zero-order chi connectivity index (χ0) is 46.6. The predicted molar refractivity (Wildman–Crippen MR) is 296 cm³/mol. The Morgan fingerprint density at radius 3 is 0.843 bits per heavy atom. The van der Waals surface area contributed by atoms with Crippen LogP contribution in [0.2, 0.25) is 0 Å². The van der Waals surface area contributed by atoms with Crippen molar-refractivity contribution in [2.45, 2.75) is 11.8 Å². The molecule has 0 aromatic heterocycles. The van der Waals surface area contributed by atoms with E-state index in [0.717, 1.165) is 34.1 Å². The van der Waals surface area contributed by atoms with Crippen LogP contribution in [0.15, 0.2) is 291 Å². The highest BCUT2D eigenvalue weighted by Crippen LogP contribution is 2.42. The van der Waals surface area contributed by atoms with E-state index in [4.69, 9.17) is 0 Å². The molecule has 0 aliphatic heterocycles. The minimum absolute atomic E-state index is 0.0373. The van der Waals surface area contributed by atoms with E-state index in [1.165, 1.54) is 65.7 Å². The number of rotatable bonds is 12. The molecule has 0 amide bonds. The number of anilines is 6. The van der Waals surface area contributed by atoms with Crippen LogP contribution in [0, 0.1) is 0 Å². The molecule has 1 unspecified atom stereocenters. The van der Waals surface area contributed by atoms with Crippen LogP contribution in [-0.2, 0) is 0 Å². The zero-order valence-corrected chi connectivity index (χ0v) is 38.8. The average molecular weight is 895 g/mol. The van der Waals surface area contributed by atoms with Crippen molar-refractivity contribution in [3.63, 3.8) is 0 Å². The van der Waals surface area contributed by atoms with Gasteiger partial charge in [-0.2, -0.15) is 0 Å². The van der Waals surface area contributed by atoms with E-state index in [-0.39, 0.29) is 11.8 Å². The Morgan fingerprint density at radius 1 is 0.171 bits per heavy atom. The average Bonchev–Trinajstić information content (AvgIpc) is 3.43. The summed E-state index contributed by atoms with van der Waals surface area (Å²) in [6.45, 7) is 0. The summed E-state index contributed by atoms with van der Waals surface area (Å²) in [4.78, 5) is 4.71. The molecule has 0 heterocycles. The van der Waals surface area contributed by atoms with E-state index >= 15 is 0 Å². The van der Waals surface area contributed by atoms with E-state index in [1.807, 2.05) is 0 Å². The fourth-order valence-corrected chi connectivity index (χ4v) is 10.4. The molecule has 332 valence electrons. The third kappa shape index (κ3) is 8.49. The third-order valence-corrected chi connectivity index (χ3v) is 13.8. The predicted octanol–water partition coefficient (Wildman–Crippen LogP) is 18.4. The maximum atomic E-state index is 2.36. The molecule has 0 fully saturated rings.